The minimum atomic E-state index is -0.0415. The average molecular weight is 334 g/mol. The van der Waals surface area contributed by atoms with Crippen LogP contribution < -0.4 is 10.2 Å². The van der Waals surface area contributed by atoms with Gasteiger partial charge in [0.2, 0.25) is 5.91 Å². The molecule has 0 aliphatic carbocycles. The molecule has 5 heteroatoms. The first-order chi connectivity index (χ1) is 12.2. The van der Waals surface area contributed by atoms with Gasteiger partial charge in [-0.05, 0) is 49.4 Å². The maximum atomic E-state index is 12.4. The van der Waals surface area contributed by atoms with E-state index in [1.807, 2.05) is 41.8 Å². The van der Waals surface area contributed by atoms with Crippen molar-refractivity contribution in [3.63, 3.8) is 0 Å². The molecular weight excluding hydrogens is 312 g/mol. The zero-order valence-corrected chi connectivity index (χ0v) is 14.4. The van der Waals surface area contributed by atoms with Gasteiger partial charge < -0.3 is 14.8 Å². The number of rotatable bonds is 4. The van der Waals surface area contributed by atoms with Crippen LogP contribution in [0.15, 0.2) is 48.7 Å². The molecule has 1 N–H and O–H groups in total. The number of hydrogen-bond acceptors (Lipinski definition) is 3. The summed E-state index contributed by atoms with van der Waals surface area (Å²) >= 11 is 0. The predicted octanol–water partition coefficient (Wildman–Crippen LogP) is 3.58. The Bertz CT molecular complexity index is 892. The van der Waals surface area contributed by atoms with Gasteiger partial charge in [0.05, 0.1) is 11.9 Å². The van der Waals surface area contributed by atoms with Crippen molar-refractivity contribution in [2.24, 2.45) is 0 Å². The van der Waals surface area contributed by atoms with Gasteiger partial charge in [-0.25, -0.2) is 4.98 Å². The van der Waals surface area contributed by atoms with Gasteiger partial charge in [-0.15, -0.1) is 0 Å². The van der Waals surface area contributed by atoms with Gasteiger partial charge in [0.1, 0.15) is 12.4 Å². The number of benzene rings is 1. The van der Waals surface area contributed by atoms with Crippen LogP contribution in [0.5, 0.6) is 0 Å². The zero-order valence-electron chi connectivity index (χ0n) is 14.4. The number of fused-ring (bicyclic) bond motifs is 1. The van der Waals surface area contributed by atoms with E-state index in [-0.39, 0.29) is 5.91 Å². The van der Waals surface area contributed by atoms with Crippen molar-refractivity contribution in [1.82, 2.24) is 9.55 Å². The lowest BCUT2D eigenvalue weighted by Gasteiger charge is -2.16. The molecule has 0 spiro atoms. The molecule has 0 radical (unpaired) electrons. The smallest absolute Gasteiger partial charge is 0.244 e. The van der Waals surface area contributed by atoms with Crippen molar-refractivity contribution in [3.8, 4) is 0 Å². The van der Waals surface area contributed by atoms with Crippen LogP contribution in [0, 0.1) is 6.92 Å². The quantitative estimate of drug-likeness (QED) is 0.793. The number of nitrogens with one attached hydrogen (secondary N) is 1. The number of pyridine rings is 1. The molecule has 0 atom stereocenters. The van der Waals surface area contributed by atoms with Gasteiger partial charge in [-0.3, -0.25) is 4.79 Å². The monoisotopic (exact) mass is 334 g/mol. The number of aromatic nitrogens is 2. The fourth-order valence-electron chi connectivity index (χ4n) is 3.50. The minimum absolute atomic E-state index is 0.0415. The highest BCUT2D eigenvalue weighted by molar-refractivity contribution is 5.92. The van der Waals surface area contributed by atoms with E-state index in [4.69, 9.17) is 0 Å². The number of hydrogen-bond donors (Lipinski definition) is 1. The van der Waals surface area contributed by atoms with Crippen LogP contribution in [0.2, 0.25) is 0 Å². The fraction of sp³-hybridized carbons (Fsp3) is 0.300. The van der Waals surface area contributed by atoms with E-state index in [1.54, 1.807) is 6.20 Å². The number of nitrogens with zero attached hydrogens (tertiary/aromatic N) is 3. The van der Waals surface area contributed by atoms with Crippen molar-refractivity contribution >= 4 is 28.3 Å². The SMILES string of the molecule is Cc1cc2ccccc2n1CC(=O)Nc1ccc(N2CCCC2)nc1. The second-order valence-corrected chi connectivity index (χ2v) is 6.58. The standard InChI is InChI=1S/C20H22N4O/c1-15-12-16-6-2-3-7-18(16)24(15)14-20(25)22-17-8-9-19(21-13-17)23-10-4-5-11-23/h2-3,6-9,12-13H,4-5,10-11,14H2,1H3,(H,22,25). The number of para-hydroxylation sites is 1. The van der Waals surface area contributed by atoms with Crippen LogP contribution in [-0.4, -0.2) is 28.5 Å². The topological polar surface area (TPSA) is 50.2 Å². The molecule has 3 heterocycles. The lowest BCUT2D eigenvalue weighted by atomic mass is 10.2. The second kappa shape index (κ2) is 6.59. The highest BCUT2D eigenvalue weighted by Gasteiger charge is 2.14. The summed E-state index contributed by atoms with van der Waals surface area (Å²) in [6.07, 6.45) is 4.20. The van der Waals surface area contributed by atoms with E-state index >= 15 is 0 Å². The Kier molecular flexibility index (Phi) is 4.14. The van der Waals surface area contributed by atoms with Crippen LogP contribution in [0.4, 0.5) is 11.5 Å². The van der Waals surface area contributed by atoms with Gasteiger partial charge in [0, 0.05) is 24.3 Å². The van der Waals surface area contributed by atoms with E-state index < -0.39 is 0 Å². The van der Waals surface area contributed by atoms with Gasteiger partial charge in [-0.1, -0.05) is 18.2 Å². The molecule has 1 fully saturated rings. The van der Waals surface area contributed by atoms with Crippen LogP contribution in [0.1, 0.15) is 18.5 Å². The van der Waals surface area contributed by atoms with E-state index in [0.29, 0.717) is 6.54 Å². The normalized spacial score (nSPS) is 14.2. The first-order valence-electron chi connectivity index (χ1n) is 8.76. The summed E-state index contributed by atoms with van der Waals surface area (Å²) in [5.74, 6) is 0.947. The maximum Gasteiger partial charge on any atom is 0.244 e. The van der Waals surface area contributed by atoms with Crippen LogP contribution in [0.3, 0.4) is 0 Å². The maximum absolute atomic E-state index is 12.4. The molecular formula is C20H22N4O. The summed E-state index contributed by atoms with van der Waals surface area (Å²) in [5.41, 5.74) is 2.90. The lowest BCUT2D eigenvalue weighted by Crippen LogP contribution is -2.20. The van der Waals surface area contributed by atoms with E-state index in [1.165, 1.54) is 12.8 Å². The Morgan fingerprint density at radius 2 is 1.96 bits per heavy atom. The summed E-state index contributed by atoms with van der Waals surface area (Å²) in [7, 11) is 0. The first-order valence-corrected chi connectivity index (χ1v) is 8.76. The molecule has 3 aromatic rings. The van der Waals surface area contributed by atoms with Crippen molar-refractivity contribution < 1.29 is 4.79 Å². The van der Waals surface area contributed by atoms with Crippen LogP contribution in [-0.2, 0) is 11.3 Å². The summed E-state index contributed by atoms with van der Waals surface area (Å²) < 4.78 is 2.04. The Balaban J connectivity index is 1.45. The fourth-order valence-corrected chi connectivity index (χ4v) is 3.50. The minimum Gasteiger partial charge on any atom is -0.357 e. The van der Waals surface area contributed by atoms with Crippen LogP contribution >= 0.6 is 0 Å². The van der Waals surface area contributed by atoms with Crippen molar-refractivity contribution in [3.05, 3.63) is 54.4 Å². The van der Waals surface area contributed by atoms with Crippen molar-refractivity contribution in [1.29, 1.82) is 0 Å². The predicted molar refractivity (Wildman–Crippen MR) is 101 cm³/mol. The number of aryl methyl sites for hydroxylation is 1. The number of carbonyl (C=O) groups is 1. The third kappa shape index (κ3) is 3.22. The molecule has 2 aromatic heterocycles. The Labute approximate surface area is 147 Å². The first kappa shape index (κ1) is 15.7. The molecule has 1 aromatic carbocycles. The summed E-state index contributed by atoms with van der Waals surface area (Å²) in [5, 5.41) is 4.11. The molecule has 1 aliphatic rings. The lowest BCUT2D eigenvalue weighted by molar-refractivity contribution is -0.116. The van der Waals surface area contributed by atoms with E-state index in [9.17, 15) is 4.79 Å². The average Bonchev–Trinajstić information content (AvgIpc) is 3.25. The molecule has 1 saturated heterocycles. The van der Waals surface area contributed by atoms with Crippen molar-refractivity contribution in [2.75, 3.05) is 23.3 Å². The molecule has 1 aliphatic heterocycles. The Morgan fingerprint density at radius 3 is 2.72 bits per heavy atom. The van der Waals surface area contributed by atoms with Gasteiger partial charge in [0.25, 0.3) is 0 Å². The number of carbonyl (C=O) groups excluding carboxylic acids is 1. The Morgan fingerprint density at radius 1 is 1.16 bits per heavy atom. The molecule has 25 heavy (non-hydrogen) atoms. The van der Waals surface area contributed by atoms with Gasteiger partial charge in [0.15, 0.2) is 0 Å². The highest BCUT2D eigenvalue weighted by Crippen LogP contribution is 2.21. The number of amides is 1. The van der Waals surface area contributed by atoms with E-state index in [0.717, 1.165) is 41.2 Å². The Hall–Kier alpha value is -2.82. The summed E-state index contributed by atoms with van der Waals surface area (Å²) in [6.45, 7) is 4.46. The van der Waals surface area contributed by atoms with E-state index in [2.05, 4.69) is 27.3 Å². The van der Waals surface area contributed by atoms with Crippen LogP contribution in [0.25, 0.3) is 10.9 Å². The molecule has 128 valence electrons. The summed E-state index contributed by atoms with van der Waals surface area (Å²) in [4.78, 5) is 19.2. The molecule has 0 unspecified atom stereocenters. The molecule has 5 nitrogen and oxygen atoms in total. The highest BCUT2D eigenvalue weighted by atomic mass is 16.1. The summed E-state index contributed by atoms with van der Waals surface area (Å²) in [6, 6.07) is 14.1. The number of anilines is 2. The largest absolute Gasteiger partial charge is 0.357 e. The molecule has 1 amide bonds. The van der Waals surface area contributed by atoms with Gasteiger partial charge >= 0.3 is 0 Å². The molecule has 4 rings (SSSR count). The zero-order chi connectivity index (χ0) is 17.2. The van der Waals surface area contributed by atoms with Crippen molar-refractivity contribution in [2.45, 2.75) is 26.3 Å². The third-order valence-electron chi connectivity index (χ3n) is 4.78. The molecule has 0 bridgehead atoms. The molecule has 0 saturated carbocycles. The second-order valence-electron chi connectivity index (χ2n) is 6.58. The third-order valence-corrected chi connectivity index (χ3v) is 4.78. The van der Waals surface area contributed by atoms with Gasteiger partial charge in [-0.2, -0.15) is 0 Å².